The average molecular weight is 413 g/mol. The second-order valence-electron chi connectivity index (χ2n) is 7.04. The molecule has 6 nitrogen and oxygen atoms in total. The summed E-state index contributed by atoms with van der Waals surface area (Å²) in [4.78, 5) is 27.5. The van der Waals surface area contributed by atoms with Crippen molar-refractivity contribution in [3.8, 4) is 11.5 Å². The first-order valence-electron chi connectivity index (χ1n) is 10.5. The van der Waals surface area contributed by atoms with Gasteiger partial charge in [-0.1, -0.05) is 50.6 Å². The molecule has 1 atom stereocenters. The molecule has 0 heterocycles. The molecule has 30 heavy (non-hydrogen) atoms. The van der Waals surface area contributed by atoms with Crippen LogP contribution in [0, 0.1) is 0 Å². The van der Waals surface area contributed by atoms with Gasteiger partial charge in [-0.15, -0.1) is 0 Å². The number of amides is 2. The number of carbonyl (C=O) groups excluding carboxylic acids is 2. The van der Waals surface area contributed by atoms with Gasteiger partial charge in [-0.3, -0.25) is 9.59 Å². The Hall–Kier alpha value is -3.02. The van der Waals surface area contributed by atoms with Crippen molar-refractivity contribution in [2.45, 2.75) is 45.7 Å². The van der Waals surface area contributed by atoms with Crippen LogP contribution in [0.3, 0.4) is 0 Å². The SMILES string of the molecule is CCCCNC(=O)C(CC)N(Cc1cccc(OC)c1)C(=O)COc1ccccc1. The number of nitrogens with zero attached hydrogens (tertiary/aromatic N) is 1. The fourth-order valence-corrected chi connectivity index (χ4v) is 3.14. The monoisotopic (exact) mass is 412 g/mol. The van der Waals surface area contributed by atoms with Crippen molar-refractivity contribution in [2.75, 3.05) is 20.3 Å². The summed E-state index contributed by atoms with van der Waals surface area (Å²) in [6, 6.07) is 16.1. The molecular formula is C24H32N2O4. The molecule has 0 aliphatic rings. The Kier molecular flexibility index (Phi) is 9.71. The van der Waals surface area contributed by atoms with Crippen molar-refractivity contribution >= 4 is 11.8 Å². The predicted octanol–water partition coefficient (Wildman–Crippen LogP) is 3.80. The molecule has 0 spiro atoms. The van der Waals surface area contributed by atoms with Crippen LogP contribution in [0.4, 0.5) is 0 Å². The van der Waals surface area contributed by atoms with Gasteiger partial charge < -0.3 is 19.7 Å². The molecule has 1 unspecified atom stereocenters. The lowest BCUT2D eigenvalue weighted by Gasteiger charge is -2.30. The quantitative estimate of drug-likeness (QED) is 0.539. The Balaban J connectivity index is 2.18. The number of para-hydroxylation sites is 1. The lowest BCUT2D eigenvalue weighted by atomic mass is 10.1. The maximum Gasteiger partial charge on any atom is 0.261 e. The zero-order valence-corrected chi connectivity index (χ0v) is 18.1. The summed E-state index contributed by atoms with van der Waals surface area (Å²) in [6.07, 6.45) is 2.41. The second-order valence-corrected chi connectivity index (χ2v) is 7.04. The molecule has 1 N–H and O–H groups in total. The fourth-order valence-electron chi connectivity index (χ4n) is 3.14. The first-order valence-corrected chi connectivity index (χ1v) is 10.5. The number of carbonyl (C=O) groups is 2. The van der Waals surface area contributed by atoms with E-state index in [1.165, 1.54) is 0 Å². The molecule has 0 bridgehead atoms. The molecule has 0 saturated heterocycles. The third-order valence-electron chi connectivity index (χ3n) is 4.81. The summed E-state index contributed by atoms with van der Waals surface area (Å²) in [5.41, 5.74) is 0.891. The van der Waals surface area contributed by atoms with E-state index < -0.39 is 6.04 Å². The van der Waals surface area contributed by atoms with Gasteiger partial charge in [0.25, 0.3) is 5.91 Å². The van der Waals surface area contributed by atoms with E-state index in [4.69, 9.17) is 9.47 Å². The normalized spacial score (nSPS) is 11.4. The van der Waals surface area contributed by atoms with Gasteiger partial charge in [0, 0.05) is 13.1 Å². The molecule has 0 fully saturated rings. The molecule has 2 amide bonds. The number of nitrogens with one attached hydrogen (secondary N) is 1. The lowest BCUT2D eigenvalue weighted by Crippen LogP contribution is -2.50. The van der Waals surface area contributed by atoms with Gasteiger partial charge in [0.1, 0.15) is 17.5 Å². The van der Waals surface area contributed by atoms with E-state index in [1.54, 1.807) is 24.1 Å². The number of hydrogen-bond donors (Lipinski definition) is 1. The first-order chi connectivity index (χ1) is 14.6. The summed E-state index contributed by atoms with van der Waals surface area (Å²) in [6.45, 7) is 4.76. The van der Waals surface area contributed by atoms with Crippen LogP contribution in [0.15, 0.2) is 54.6 Å². The van der Waals surface area contributed by atoms with E-state index in [0.717, 1.165) is 18.4 Å². The maximum atomic E-state index is 13.1. The second kappa shape index (κ2) is 12.5. The smallest absolute Gasteiger partial charge is 0.261 e. The highest BCUT2D eigenvalue weighted by atomic mass is 16.5. The molecular weight excluding hydrogens is 380 g/mol. The van der Waals surface area contributed by atoms with Crippen molar-refractivity contribution in [1.29, 1.82) is 0 Å². The van der Waals surface area contributed by atoms with Crippen LogP contribution in [0.25, 0.3) is 0 Å². The molecule has 2 aromatic rings. The van der Waals surface area contributed by atoms with Crippen LogP contribution in [0.2, 0.25) is 0 Å². The van der Waals surface area contributed by atoms with E-state index in [9.17, 15) is 9.59 Å². The van der Waals surface area contributed by atoms with Crippen LogP contribution in [-0.4, -0.2) is 43.0 Å². The summed E-state index contributed by atoms with van der Waals surface area (Å²) in [5, 5.41) is 2.95. The first kappa shape index (κ1) is 23.3. The van der Waals surface area contributed by atoms with Crippen molar-refractivity contribution in [3.63, 3.8) is 0 Å². The van der Waals surface area contributed by atoms with Crippen molar-refractivity contribution in [1.82, 2.24) is 10.2 Å². The molecule has 0 aliphatic heterocycles. The van der Waals surface area contributed by atoms with Gasteiger partial charge in [0.15, 0.2) is 6.61 Å². The van der Waals surface area contributed by atoms with Gasteiger partial charge in [-0.05, 0) is 42.7 Å². The van der Waals surface area contributed by atoms with E-state index in [1.807, 2.05) is 49.4 Å². The van der Waals surface area contributed by atoms with Gasteiger partial charge in [-0.2, -0.15) is 0 Å². The molecule has 162 valence electrons. The Morgan fingerprint density at radius 1 is 1.03 bits per heavy atom. The van der Waals surface area contributed by atoms with Crippen LogP contribution in [0.1, 0.15) is 38.7 Å². The van der Waals surface area contributed by atoms with Crippen molar-refractivity contribution in [3.05, 3.63) is 60.2 Å². The standard InChI is InChI=1S/C24H32N2O4/c1-4-6-15-25-24(28)22(5-2)26(17-19-11-10-14-21(16-19)29-3)23(27)18-30-20-12-8-7-9-13-20/h7-14,16,22H,4-6,15,17-18H2,1-3H3,(H,25,28). The van der Waals surface area contributed by atoms with Gasteiger partial charge in [-0.25, -0.2) is 0 Å². The van der Waals surface area contributed by atoms with Gasteiger partial charge in [0.2, 0.25) is 5.91 Å². The lowest BCUT2D eigenvalue weighted by molar-refractivity contribution is -0.143. The summed E-state index contributed by atoms with van der Waals surface area (Å²) < 4.78 is 11.0. The number of methoxy groups -OCH3 is 1. The zero-order chi connectivity index (χ0) is 21.8. The van der Waals surface area contributed by atoms with Crippen LogP contribution < -0.4 is 14.8 Å². The number of ether oxygens (including phenoxy) is 2. The predicted molar refractivity (Wildman–Crippen MR) is 117 cm³/mol. The van der Waals surface area contributed by atoms with E-state index in [0.29, 0.717) is 31.0 Å². The molecule has 6 heteroatoms. The minimum atomic E-state index is -0.570. The third kappa shape index (κ3) is 7.10. The maximum absolute atomic E-state index is 13.1. The highest BCUT2D eigenvalue weighted by Gasteiger charge is 2.28. The minimum Gasteiger partial charge on any atom is -0.497 e. The van der Waals surface area contributed by atoms with E-state index in [2.05, 4.69) is 12.2 Å². The van der Waals surface area contributed by atoms with Gasteiger partial charge in [0.05, 0.1) is 7.11 Å². The fraction of sp³-hybridized carbons (Fsp3) is 0.417. The third-order valence-corrected chi connectivity index (χ3v) is 4.81. The van der Waals surface area contributed by atoms with Gasteiger partial charge >= 0.3 is 0 Å². The van der Waals surface area contributed by atoms with Crippen LogP contribution in [0.5, 0.6) is 11.5 Å². The zero-order valence-electron chi connectivity index (χ0n) is 18.1. The molecule has 0 saturated carbocycles. The molecule has 2 rings (SSSR count). The average Bonchev–Trinajstić information content (AvgIpc) is 2.78. The molecule has 0 aliphatic carbocycles. The number of rotatable bonds is 12. The molecule has 0 radical (unpaired) electrons. The highest BCUT2D eigenvalue weighted by Crippen LogP contribution is 2.18. The molecule has 2 aromatic carbocycles. The molecule has 0 aromatic heterocycles. The largest absolute Gasteiger partial charge is 0.497 e. The minimum absolute atomic E-state index is 0.132. The summed E-state index contributed by atoms with van der Waals surface area (Å²) in [7, 11) is 1.60. The number of unbranched alkanes of at least 4 members (excludes halogenated alkanes) is 1. The topological polar surface area (TPSA) is 67.9 Å². The van der Waals surface area contributed by atoms with E-state index >= 15 is 0 Å². The summed E-state index contributed by atoms with van der Waals surface area (Å²) >= 11 is 0. The Labute approximate surface area is 179 Å². The number of benzene rings is 2. The van der Waals surface area contributed by atoms with Crippen LogP contribution in [-0.2, 0) is 16.1 Å². The highest BCUT2D eigenvalue weighted by molar-refractivity contribution is 5.88. The van der Waals surface area contributed by atoms with Crippen molar-refractivity contribution in [2.24, 2.45) is 0 Å². The van der Waals surface area contributed by atoms with E-state index in [-0.39, 0.29) is 18.4 Å². The van der Waals surface area contributed by atoms with Crippen LogP contribution >= 0.6 is 0 Å². The summed E-state index contributed by atoms with van der Waals surface area (Å²) in [5.74, 6) is 0.953. The Morgan fingerprint density at radius 2 is 1.77 bits per heavy atom. The number of hydrogen-bond acceptors (Lipinski definition) is 4. The van der Waals surface area contributed by atoms with Crippen molar-refractivity contribution < 1.29 is 19.1 Å². The Morgan fingerprint density at radius 3 is 2.43 bits per heavy atom. The Bertz CT molecular complexity index is 795.